The van der Waals surface area contributed by atoms with E-state index in [4.69, 9.17) is 0 Å². The summed E-state index contributed by atoms with van der Waals surface area (Å²) < 4.78 is 1.57. The van der Waals surface area contributed by atoms with Crippen LogP contribution in [-0.4, -0.2) is 21.3 Å². The van der Waals surface area contributed by atoms with Crippen LogP contribution in [0.1, 0.15) is 35.7 Å². The lowest BCUT2D eigenvalue weighted by molar-refractivity contribution is 0.459. The van der Waals surface area contributed by atoms with Crippen LogP contribution in [0, 0.1) is 0 Å². The van der Waals surface area contributed by atoms with Gasteiger partial charge in [0.25, 0.3) is 5.56 Å². The summed E-state index contributed by atoms with van der Waals surface area (Å²) in [5.74, 6) is 0.643. The van der Waals surface area contributed by atoms with Crippen LogP contribution in [0.2, 0.25) is 0 Å². The molecule has 2 aromatic heterocycles. The Morgan fingerprint density at radius 3 is 2.80 bits per heavy atom. The van der Waals surface area contributed by atoms with Crippen molar-refractivity contribution >= 4 is 0 Å². The summed E-state index contributed by atoms with van der Waals surface area (Å²) in [5.41, 5.74) is 3.25. The second kappa shape index (κ2) is 7.07. The molecular weight excluding hydrogens is 312 g/mol. The molecule has 1 aromatic carbocycles. The van der Waals surface area contributed by atoms with E-state index in [1.165, 1.54) is 5.56 Å². The number of aromatic nitrogens is 3. The molecule has 1 aliphatic rings. The van der Waals surface area contributed by atoms with Gasteiger partial charge in [0, 0.05) is 17.9 Å². The van der Waals surface area contributed by atoms with Crippen LogP contribution in [0.25, 0.3) is 5.82 Å². The zero-order chi connectivity index (χ0) is 17.1. The molecule has 0 spiro atoms. The van der Waals surface area contributed by atoms with E-state index in [1.807, 2.05) is 24.3 Å². The van der Waals surface area contributed by atoms with E-state index in [0.29, 0.717) is 5.82 Å². The lowest BCUT2D eigenvalue weighted by atomic mass is 9.93. The zero-order valence-electron chi connectivity index (χ0n) is 14.1. The van der Waals surface area contributed by atoms with Crippen molar-refractivity contribution in [2.45, 2.75) is 31.7 Å². The first kappa shape index (κ1) is 15.8. The number of pyridine rings is 1. The maximum atomic E-state index is 12.9. The first-order valence-electron chi connectivity index (χ1n) is 8.85. The third-order valence-corrected chi connectivity index (χ3v) is 4.80. The molecule has 128 valence electrons. The van der Waals surface area contributed by atoms with E-state index in [9.17, 15) is 4.79 Å². The summed E-state index contributed by atoms with van der Waals surface area (Å²) in [6.45, 7) is 0.863. The van der Waals surface area contributed by atoms with Gasteiger partial charge in [0.15, 0.2) is 5.82 Å². The van der Waals surface area contributed by atoms with E-state index in [0.717, 1.165) is 43.5 Å². The van der Waals surface area contributed by atoms with Crippen molar-refractivity contribution in [1.82, 2.24) is 20.1 Å². The molecule has 5 heteroatoms. The fourth-order valence-electron chi connectivity index (χ4n) is 3.56. The van der Waals surface area contributed by atoms with Gasteiger partial charge in [-0.25, -0.2) is 9.67 Å². The van der Waals surface area contributed by atoms with Crippen molar-refractivity contribution in [2.75, 3.05) is 6.54 Å². The smallest absolute Gasteiger partial charge is 0.277 e. The Morgan fingerprint density at radius 1 is 1.16 bits per heavy atom. The van der Waals surface area contributed by atoms with Gasteiger partial charge in [-0.05, 0) is 49.9 Å². The highest BCUT2D eigenvalue weighted by atomic mass is 16.1. The Morgan fingerprint density at radius 2 is 2.00 bits per heavy atom. The molecule has 4 rings (SSSR count). The molecule has 3 aromatic rings. The standard InChI is InChI=1S/C20H22N4O/c25-20-19-16(21-14-12-15-7-2-1-3-8-15)9-6-10-17(19)23-24(20)18-11-4-5-13-22-18/h1-5,7-8,11,13,16,21,23H,6,9-10,12,14H2. The minimum Gasteiger partial charge on any atom is -0.309 e. The molecule has 0 radical (unpaired) electrons. The molecule has 2 heterocycles. The van der Waals surface area contributed by atoms with Crippen molar-refractivity contribution in [3.8, 4) is 5.82 Å². The summed E-state index contributed by atoms with van der Waals surface area (Å²) in [4.78, 5) is 17.2. The molecule has 0 aliphatic heterocycles. The van der Waals surface area contributed by atoms with Gasteiger partial charge in [0.2, 0.25) is 0 Å². The van der Waals surface area contributed by atoms with Gasteiger partial charge in [0.1, 0.15) is 0 Å². The highest BCUT2D eigenvalue weighted by Gasteiger charge is 2.26. The van der Waals surface area contributed by atoms with Gasteiger partial charge in [-0.15, -0.1) is 0 Å². The topological polar surface area (TPSA) is 62.7 Å². The fraction of sp³-hybridized carbons (Fsp3) is 0.300. The average molecular weight is 334 g/mol. The highest BCUT2D eigenvalue weighted by molar-refractivity contribution is 5.30. The number of fused-ring (bicyclic) bond motifs is 1. The Labute approximate surface area is 146 Å². The van der Waals surface area contributed by atoms with E-state index < -0.39 is 0 Å². The first-order chi connectivity index (χ1) is 12.3. The van der Waals surface area contributed by atoms with Crippen LogP contribution in [0.3, 0.4) is 0 Å². The predicted molar refractivity (Wildman–Crippen MR) is 98.0 cm³/mol. The highest BCUT2D eigenvalue weighted by Crippen LogP contribution is 2.26. The molecule has 0 saturated carbocycles. The van der Waals surface area contributed by atoms with Crippen LogP contribution < -0.4 is 10.9 Å². The second-order valence-corrected chi connectivity index (χ2v) is 6.47. The van der Waals surface area contributed by atoms with Crippen LogP contribution in [0.15, 0.2) is 59.5 Å². The van der Waals surface area contributed by atoms with Crippen molar-refractivity contribution in [2.24, 2.45) is 0 Å². The largest absolute Gasteiger partial charge is 0.309 e. The number of H-pyrrole nitrogens is 1. The summed E-state index contributed by atoms with van der Waals surface area (Å²) in [7, 11) is 0. The number of nitrogens with one attached hydrogen (secondary N) is 2. The van der Waals surface area contributed by atoms with Gasteiger partial charge in [-0.1, -0.05) is 36.4 Å². The Balaban J connectivity index is 1.53. The Bertz CT molecular complexity index is 883. The van der Waals surface area contributed by atoms with E-state index in [-0.39, 0.29) is 11.6 Å². The van der Waals surface area contributed by atoms with E-state index in [1.54, 1.807) is 10.9 Å². The fourth-order valence-corrected chi connectivity index (χ4v) is 3.56. The van der Waals surface area contributed by atoms with Crippen molar-refractivity contribution < 1.29 is 0 Å². The monoisotopic (exact) mass is 334 g/mol. The predicted octanol–water partition coefficient (Wildman–Crippen LogP) is 2.77. The number of benzene rings is 1. The molecule has 0 fully saturated rings. The van der Waals surface area contributed by atoms with Crippen molar-refractivity contribution in [3.63, 3.8) is 0 Å². The minimum atomic E-state index is 0.0191. The van der Waals surface area contributed by atoms with Crippen LogP contribution >= 0.6 is 0 Å². The molecule has 25 heavy (non-hydrogen) atoms. The number of rotatable bonds is 5. The van der Waals surface area contributed by atoms with Gasteiger partial charge in [-0.2, -0.15) is 0 Å². The summed E-state index contributed by atoms with van der Waals surface area (Å²) in [6, 6.07) is 16.1. The van der Waals surface area contributed by atoms with Crippen LogP contribution in [-0.2, 0) is 12.8 Å². The lowest BCUT2D eigenvalue weighted by Crippen LogP contribution is -2.31. The average Bonchev–Trinajstić information content (AvgIpc) is 3.01. The van der Waals surface area contributed by atoms with Crippen molar-refractivity contribution in [1.29, 1.82) is 0 Å². The number of hydrogen-bond donors (Lipinski definition) is 2. The molecule has 1 atom stereocenters. The van der Waals surface area contributed by atoms with Gasteiger partial charge in [-0.3, -0.25) is 9.89 Å². The van der Waals surface area contributed by atoms with E-state index >= 15 is 0 Å². The third-order valence-electron chi connectivity index (χ3n) is 4.80. The van der Waals surface area contributed by atoms with Crippen LogP contribution in [0.4, 0.5) is 0 Å². The van der Waals surface area contributed by atoms with Gasteiger partial charge >= 0.3 is 0 Å². The molecule has 0 saturated heterocycles. The molecule has 1 aliphatic carbocycles. The molecular formula is C20H22N4O. The van der Waals surface area contributed by atoms with Crippen LogP contribution in [0.5, 0.6) is 0 Å². The normalized spacial score (nSPS) is 16.6. The lowest BCUT2D eigenvalue weighted by Gasteiger charge is -2.22. The SMILES string of the molecule is O=c1c2c([nH]n1-c1ccccn1)CCCC2NCCc1ccccc1. The summed E-state index contributed by atoms with van der Waals surface area (Å²) in [5, 5.41) is 6.84. The quantitative estimate of drug-likeness (QED) is 0.754. The maximum Gasteiger partial charge on any atom is 0.277 e. The first-order valence-corrected chi connectivity index (χ1v) is 8.85. The number of nitrogens with zero attached hydrogens (tertiary/aromatic N) is 2. The zero-order valence-corrected chi connectivity index (χ0v) is 14.1. The second-order valence-electron chi connectivity index (χ2n) is 6.47. The van der Waals surface area contributed by atoms with Gasteiger partial charge in [0.05, 0.1) is 5.56 Å². The van der Waals surface area contributed by atoms with Crippen molar-refractivity contribution in [3.05, 3.63) is 81.9 Å². The molecule has 5 nitrogen and oxygen atoms in total. The molecule has 0 bridgehead atoms. The summed E-state index contributed by atoms with van der Waals surface area (Å²) >= 11 is 0. The Kier molecular flexibility index (Phi) is 4.48. The molecule has 0 amide bonds. The number of aromatic amines is 1. The minimum absolute atomic E-state index is 0.0191. The van der Waals surface area contributed by atoms with Gasteiger partial charge < -0.3 is 5.32 Å². The number of aryl methyl sites for hydroxylation is 1. The molecule has 1 unspecified atom stereocenters. The summed E-state index contributed by atoms with van der Waals surface area (Å²) in [6.07, 6.45) is 5.67. The molecule has 2 N–H and O–H groups in total. The maximum absolute atomic E-state index is 12.9. The third kappa shape index (κ3) is 3.28. The number of hydrogen-bond acceptors (Lipinski definition) is 3. The van der Waals surface area contributed by atoms with E-state index in [2.05, 4.69) is 39.7 Å². The Hall–Kier alpha value is -2.66.